The SMILES string of the molecule is CC(C)c1ccc(-c2ccc(N3c4ccc(-c5ccc(C(C)C)cc5)cc4B4c5oc6cc7c(cc6c5N(c5ccc6c(c5)C(C)(C)CCC6(C)C)c5cc(N(c6ccccc6)c6ccccc6)cc3c54)C(C)(C)CCC7(C)C)cc2)cc1. The van der Waals surface area contributed by atoms with Crippen LogP contribution in [0.15, 0.2) is 199 Å². The zero-order valence-corrected chi connectivity index (χ0v) is 50.8. The molecule has 2 aliphatic carbocycles. The summed E-state index contributed by atoms with van der Waals surface area (Å²) in [5, 5.41) is 1.17. The number of benzene rings is 9. The summed E-state index contributed by atoms with van der Waals surface area (Å²) in [6.45, 7) is 28.4. The quantitative estimate of drug-likeness (QED) is 0.134. The minimum absolute atomic E-state index is 0.00266. The van der Waals surface area contributed by atoms with Crippen LogP contribution in [0.3, 0.4) is 0 Å². The van der Waals surface area contributed by atoms with Gasteiger partial charge in [0.1, 0.15) is 5.58 Å². The van der Waals surface area contributed by atoms with Crippen molar-refractivity contribution in [3.63, 3.8) is 0 Å². The number of rotatable bonds is 9. The van der Waals surface area contributed by atoms with Crippen LogP contribution in [0.5, 0.6) is 0 Å². The lowest BCUT2D eigenvalue weighted by Crippen LogP contribution is -2.61. The average molecular weight is 1080 g/mol. The molecule has 9 aromatic carbocycles. The molecule has 14 rings (SSSR count). The van der Waals surface area contributed by atoms with Crippen molar-refractivity contribution in [1.82, 2.24) is 0 Å². The molecule has 0 bridgehead atoms. The predicted octanol–water partition coefficient (Wildman–Crippen LogP) is 20.3. The zero-order chi connectivity index (χ0) is 57.5. The lowest BCUT2D eigenvalue weighted by molar-refractivity contribution is 0.332. The minimum atomic E-state index is -0.250. The minimum Gasteiger partial charge on any atom is -0.468 e. The molecule has 3 heterocycles. The van der Waals surface area contributed by atoms with Gasteiger partial charge in [-0.15, -0.1) is 0 Å². The molecule has 0 atom stereocenters. The van der Waals surface area contributed by atoms with Crippen LogP contribution < -0.4 is 31.3 Å². The Bertz CT molecular complexity index is 4110. The van der Waals surface area contributed by atoms with E-state index in [-0.39, 0.29) is 28.4 Å². The number of furan rings is 1. The lowest BCUT2D eigenvalue weighted by atomic mass is 9.35. The number of para-hydroxylation sites is 2. The first-order chi connectivity index (χ1) is 39.8. The van der Waals surface area contributed by atoms with E-state index in [0.717, 1.165) is 88.1 Å². The van der Waals surface area contributed by atoms with Gasteiger partial charge in [-0.25, -0.2) is 0 Å². The molecule has 83 heavy (non-hydrogen) atoms. The van der Waals surface area contributed by atoms with Crippen molar-refractivity contribution in [1.29, 1.82) is 0 Å². The summed E-state index contributed by atoms with van der Waals surface area (Å²) >= 11 is 0. The van der Waals surface area contributed by atoms with E-state index in [1.807, 2.05) is 0 Å². The molecule has 0 radical (unpaired) electrons. The van der Waals surface area contributed by atoms with E-state index < -0.39 is 0 Å². The van der Waals surface area contributed by atoms with Crippen LogP contribution in [0.1, 0.15) is 154 Å². The molecule has 0 spiro atoms. The normalized spacial score (nSPS) is 16.8. The highest BCUT2D eigenvalue weighted by Gasteiger charge is 2.49. The number of hydrogen-bond acceptors (Lipinski definition) is 4. The van der Waals surface area contributed by atoms with Crippen LogP contribution in [0, 0.1) is 0 Å². The second-order valence-electron chi connectivity index (χ2n) is 27.9. The zero-order valence-electron chi connectivity index (χ0n) is 50.8. The largest absolute Gasteiger partial charge is 0.468 e. The number of hydrogen-bond donors (Lipinski definition) is 0. The Morgan fingerprint density at radius 2 is 0.867 bits per heavy atom. The van der Waals surface area contributed by atoms with E-state index in [4.69, 9.17) is 4.42 Å². The highest BCUT2D eigenvalue weighted by molar-refractivity contribution is 7.00. The number of nitrogens with zero attached hydrogens (tertiary/aromatic N) is 3. The Kier molecular flexibility index (Phi) is 12.3. The molecule has 0 amide bonds. The van der Waals surface area contributed by atoms with E-state index in [0.29, 0.717) is 11.8 Å². The molecule has 5 heteroatoms. The summed E-state index contributed by atoms with van der Waals surface area (Å²) in [7, 11) is 0. The Balaban J connectivity index is 1.11. The maximum absolute atomic E-state index is 7.82. The summed E-state index contributed by atoms with van der Waals surface area (Å²) in [4.78, 5) is 7.66. The summed E-state index contributed by atoms with van der Waals surface area (Å²) in [5.74, 6) is 0.913. The van der Waals surface area contributed by atoms with Gasteiger partial charge in [0.2, 0.25) is 0 Å². The molecular formula is C78H78BN3O. The third kappa shape index (κ3) is 8.69. The highest BCUT2D eigenvalue weighted by atomic mass is 16.3. The van der Waals surface area contributed by atoms with Gasteiger partial charge in [0.25, 0.3) is 6.71 Å². The van der Waals surface area contributed by atoms with Crippen LogP contribution in [0.4, 0.5) is 51.2 Å². The second-order valence-corrected chi connectivity index (χ2v) is 27.9. The average Bonchev–Trinajstić information content (AvgIpc) is 2.29. The van der Waals surface area contributed by atoms with E-state index >= 15 is 0 Å². The second kappa shape index (κ2) is 19.3. The van der Waals surface area contributed by atoms with Gasteiger partial charge in [0.05, 0.1) is 17.0 Å². The fourth-order valence-electron chi connectivity index (χ4n) is 14.6. The highest BCUT2D eigenvalue weighted by Crippen LogP contribution is 2.55. The monoisotopic (exact) mass is 1080 g/mol. The van der Waals surface area contributed by atoms with Gasteiger partial charge in [-0.3, -0.25) is 0 Å². The third-order valence-electron chi connectivity index (χ3n) is 19.9. The van der Waals surface area contributed by atoms with Crippen molar-refractivity contribution in [3.8, 4) is 22.3 Å². The Labute approximate surface area is 493 Å². The van der Waals surface area contributed by atoms with E-state index in [1.54, 1.807) is 0 Å². The summed E-state index contributed by atoms with van der Waals surface area (Å²) in [5.41, 5.74) is 27.7. The van der Waals surface area contributed by atoms with E-state index in [2.05, 4.69) is 292 Å². The molecule has 0 N–H and O–H groups in total. The molecule has 2 aliphatic heterocycles. The molecule has 4 aliphatic rings. The first-order valence-corrected chi connectivity index (χ1v) is 30.7. The maximum atomic E-state index is 7.82. The van der Waals surface area contributed by atoms with Gasteiger partial charge < -0.3 is 19.1 Å². The molecule has 4 nitrogen and oxygen atoms in total. The van der Waals surface area contributed by atoms with Crippen molar-refractivity contribution in [2.45, 2.75) is 142 Å². The summed E-state index contributed by atoms with van der Waals surface area (Å²) < 4.78 is 7.82. The topological polar surface area (TPSA) is 22.9 Å². The Hall–Kier alpha value is -8.02. The van der Waals surface area contributed by atoms with Gasteiger partial charge in [-0.2, -0.15) is 0 Å². The van der Waals surface area contributed by atoms with E-state index in [9.17, 15) is 0 Å². The standard InChI is InChI=1S/C78H78BN3O/c1-49(2)51-23-27-53(28-24-51)54-31-34-59(35-32-54)81-68-38-33-56(55-29-25-52(26-30-55)50(3)4)43-67(68)79-72-69(81)45-61(80(57-19-15-13-16-20-57)58-21-17-14-18-22-58)46-70(72)82(60-36-37-63-64(44-60)76(7,8)40-39-75(63,5)6)73-62-47-65-66(48-71(62)83-74(73)79)78(11,12)42-41-77(65,9)10/h13-38,43-50H,39-42H2,1-12H3. The Morgan fingerprint density at radius 3 is 1.41 bits per heavy atom. The van der Waals surface area contributed by atoms with Crippen LogP contribution in [0.25, 0.3) is 33.2 Å². The van der Waals surface area contributed by atoms with Crippen LogP contribution in [-0.4, -0.2) is 6.71 Å². The van der Waals surface area contributed by atoms with Crippen LogP contribution in [-0.2, 0) is 21.7 Å². The molecule has 0 unspecified atom stereocenters. The van der Waals surface area contributed by atoms with Crippen molar-refractivity contribution < 1.29 is 4.42 Å². The maximum Gasteiger partial charge on any atom is 0.297 e. The van der Waals surface area contributed by atoms with Crippen LogP contribution in [0.2, 0.25) is 0 Å². The van der Waals surface area contributed by atoms with Gasteiger partial charge in [0, 0.05) is 45.2 Å². The smallest absolute Gasteiger partial charge is 0.297 e. The fraction of sp³-hybridized carbons (Fsp3) is 0.282. The van der Waals surface area contributed by atoms with Gasteiger partial charge in [0.15, 0.2) is 0 Å². The molecule has 10 aromatic rings. The molecular weight excluding hydrogens is 1010 g/mol. The van der Waals surface area contributed by atoms with E-state index in [1.165, 1.54) is 71.9 Å². The molecule has 0 fully saturated rings. The molecule has 1 aromatic heterocycles. The third-order valence-corrected chi connectivity index (χ3v) is 19.9. The summed E-state index contributed by atoms with van der Waals surface area (Å²) in [6, 6.07) is 74.3. The fourth-order valence-corrected chi connectivity index (χ4v) is 14.6. The lowest BCUT2D eigenvalue weighted by Gasteiger charge is -2.45. The van der Waals surface area contributed by atoms with Gasteiger partial charge in [-0.1, -0.05) is 198 Å². The van der Waals surface area contributed by atoms with Gasteiger partial charge in [-0.05, 0) is 205 Å². The first-order valence-electron chi connectivity index (χ1n) is 30.7. The predicted molar refractivity (Wildman–Crippen MR) is 355 cm³/mol. The van der Waals surface area contributed by atoms with Gasteiger partial charge >= 0.3 is 0 Å². The van der Waals surface area contributed by atoms with Crippen LogP contribution >= 0.6 is 0 Å². The van der Waals surface area contributed by atoms with Crippen molar-refractivity contribution in [2.24, 2.45) is 0 Å². The molecule has 0 saturated heterocycles. The summed E-state index contributed by atoms with van der Waals surface area (Å²) in [6.07, 6.45) is 4.53. The number of fused-ring (bicyclic) bond motifs is 8. The first kappa shape index (κ1) is 53.0. The molecule has 0 saturated carbocycles. The Morgan fingerprint density at radius 1 is 0.410 bits per heavy atom. The molecule has 414 valence electrons. The number of anilines is 9. The van der Waals surface area contributed by atoms with Crippen molar-refractivity contribution in [2.75, 3.05) is 14.7 Å². The van der Waals surface area contributed by atoms with Crippen molar-refractivity contribution in [3.05, 3.63) is 228 Å². The van der Waals surface area contributed by atoms with Crippen molar-refractivity contribution >= 4 is 85.5 Å².